The summed E-state index contributed by atoms with van der Waals surface area (Å²) in [6.07, 6.45) is 3.71. The van der Waals surface area contributed by atoms with Crippen LogP contribution in [0.3, 0.4) is 0 Å². The number of carbonyl (C=O) groups excluding carboxylic acids is 3. The van der Waals surface area contributed by atoms with Crippen LogP contribution in [0.25, 0.3) is 0 Å². The van der Waals surface area contributed by atoms with Gasteiger partial charge >= 0.3 is 6.09 Å². The van der Waals surface area contributed by atoms with Gasteiger partial charge in [-0.25, -0.2) is 4.79 Å². The number of aryl methyl sites for hydroxylation is 1. The van der Waals surface area contributed by atoms with Gasteiger partial charge in [-0.15, -0.1) is 0 Å². The lowest BCUT2D eigenvalue weighted by molar-refractivity contribution is -0.130. The van der Waals surface area contributed by atoms with Gasteiger partial charge in [-0.05, 0) is 76.3 Å². The Morgan fingerprint density at radius 3 is 2.50 bits per heavy atom. The molecule has 1 aliphatic carbocycles. The van der Waals surface area contributed by atoms with Crippen molar-refractivity contribution in [1.82, 2.24) is 15.5 Å². The minimum Gasteiger partial charge on any atom is -0.444 e. The first-order chi connectivity index (χ1) is 17.1. The molecule has 4 N–H and O–H groups in total. The number of nitrogens with two attached hydrogens (primary N) is 1. The number of nitrogens with one attached hydrogen (secondary N) is 2. The van der Waals surface area contributed by atoms with Gasteiger partial charge in [-0.3, -0.25) is 14.9 Å². The van der Waals surface area contributed by atoms with Crippen molar-refractivity contribution in [3.05, 3.63) is 35.4 Å². The molecule has 3 amide bonds. The van der Waals surface area contributed by atoms with Gasteiger partial charge in [-0.1, -0.05) is 24.3 Å². The number of primary amides is 1. The summed E-state index contributed by atoms with van der Waals surface area (Å²) in [5, 5.41) is 6.22. The number of benzene rings is 1. The minimum absolute atomic E-state index is 0.000480. The van der Waals surface area contributed by atoms with Crippen LogP contribution in [0.5, 0.6) is 0 Å². The SMILES string of the molecule is C[C@@H](OCc1ccc(CCCNC(=O)OC(C)(C)C)cc1)[C@H](CCC(N)=O)N(C=O)[C@@H]1NC[C@H]2C[C@H]21. The lowest BCUT2D eigenvalue weighted by Gasteiger charge is -2.37. The lowest BCUT2D eigenvalue weighted by atomic mass is 10.0. The highest BCUT2D eigenvalue weighted by Crippen LogP contribution is 2.46. The first-order valence-corrected chi connectivity index (χ1v) is 13.0. The zero-order chi connectivity index (χ0) is 26.3. The van der Waals surface area contributed by atoms with Crippen molar-refractivity contribution < 1.29 is 23.9 Å². The summed E-state index contributed by atoms with van der Waals surface area (Å²) in [4.78, 5) is 37.0. The molecule has 1 heterocycles. The van der Waals surface area contributed by atoms with Gasteiger partial charge in [0, 0.05) is 19.5 Å². The maximum absolute atomic E-state index is 12.0. The molecule has 0 radical (unpaired) electrons. The van der Waals surface area contributed by atoms with Crippen LogP contribution in [-0.2, 0) is 32.1 Å². The van der Waals surface area contributed by atoms with E-state index in [9.17, 15) is 14.4 Å². The fraction of sp³-hybridized carbons (Fsp3) is 0.667. The van der Waals surface area contributed by atoms with E-state index in [0.29, 0.717) is 31.4 Å². The van der Waals surface area contributed by atoms with E-state index < -0.39 is 11.7 Å². The number of alkyl carbamates (subject to hydrolysis) is 1. The molecule has 9 nitrogen and oxygen atoms in total. The molecule has 1 aliphatic heterocycles. The lowest BCUT2D eigenvalue weighted by Crippen LogP contribution is -2.53. The van der Waals surface area contributed by atoms with Crippen LogP contribution < -0.4 is 16.4 Å². The Hall–Kier alpha value is -2.65. The predicted octanol–water partition coefficient (Wildman–Crippen LogP) is 2.71. The Bertz CT molecular complexity index is 885. The summed E-state index contributed by atoms with van der Waals surface area (Å²) in [5.41, 5.74) is 7.11. The molecule has 1 saturated heterocycles. The van der Waals surface area contributed by atoms with Crippen LogP contribution >= 0.6 is 0 Å². The largest absolute Gasteiger partial charge is 0.444 e. The number of carbonyl (C=O) groups is 3. The maximum atomic E-state index is 12.0. The molecule has 1 aromatic rings. The molecule has 0 bridgehead atoms. The van der Waals surface area contributed by atoms with E-state index >= 15 is 0 Å². The summed E-state index contributed by atoms with van der Waals surface area (Å²) in [6.45, 7) is 9.36. The molecule has 36 heavy (non-hydrogen) atoms. The second-order valence-electron chi connectivity index (χ2n) is 11.0. The number of hydrogen-bond donors (Lipinski definition) is 3. The maximum Gasteiger partial charge on any atom is 0.407 e. The first kappa shape index (κ1) is 27.9. The molecule has 0 unspecified atom stereocenters. The van der Waals surface area contributed by atoms with Gasteiger partial charge in [0.05, 0.1) is 24.9 Å². The summed E-state index contributed by atoms with van der Waals surface area (Å²) in [6, 6.07) is 7.96. The van der Waals surface area contributed by atoms with Crippen molar-refractivity contribution >= 4 is 18.4 Å². The van der Waals surface area contributed by atoms with Crippen molar-refractivity contribution in [2.75, 3.05) is 13.1 Å². The third-order valence-corrected chi connectivity index (χ3v) is 6.87. The molecule has 0 aromatic heterocycles. The molecule has 9 heteroatoms. The Kier molecular flexibility index (Phi) is 9.73. The third kappa shape index (κ3) is 8.48. The van der Waals surface area contributed by atoms with Crippen LogP contribution in [0.4, 0.5) is 4.79 Å². The second-order valence-corrected chi connectivity index (χ2v) is 11.0. The summed E-state index contributed by atoms with van der Waals surface area (Å²) in [7, 11) is 0. The van der Waals surface area contributed by atoms with E-state index in [0.717, 1.165) is 37.8 Å². The molecule has 2 aliphatic rings. The highest BCUT2D eigenvalue weighted by Gasteiger charge is 2.51. The van der Waals surface area contributed by atoms with E-state index in [1.54, 1.807) is 4.90 Å². The van der Waals surface area contributed by atoms with Crippen molar-refractivity contribution in [2.45, 2.75) is 90.3 Å². The van der Waals surface area contributed by atoms with Gasteiger partial charge in [0.2, 0.25) is 12.3 Å². The molecular formula is C27H42N4O5. The van der Waals surface area contributed by atoms with E-state index in [-0.39, 0.29) is 30.6 Å². The van der Waals surface area contributed by atoms with Crippen LogP contribution in [-0.4, -0.2) is 60.3 Å². The van der Waals surface area contributed by atoms with E-state index in [1.807, 2.05) is 39.8 Å². The van der Waals surface area contributed by atoms with Gasteiger partial charge in [0.1, 0.15) is 5.60 Å². The topological polar surface area (TPSA) is 123 Å². The van der Waals surface area contributed by atoms with Crippen molar-refractivity contribution in [3.8, 4) is 0 Å². The van der Waals surface area contributed by atoms with E-state index in [1.165, 1.54) is 5.56 Å². The van der Waals surface area contributed by atoms with Gasteiger partial charge in [-0.2, -0.15) is 0 Å². The number of rotatable bonds is 14. The number of amides is 3. The van der Waals surface area contributed by atoms with Gasteiger partial charge in [0.25, 0.3) is 0 Å². The summed E-state index contributed by atoms with van der Waals surface area (Å²) >= 11 is 0. The molecule has 5 atom stereocenters. The average molecular weight is 503 g/mol. The van der Waals surface area contributed by atoms with Crippen LogP contribution in [0, 0.1) is 11.8 Å². The number of piperidine rings is 1. The molecule has 0 spiro atoms. The average Bonchev–Trinajstić information content (AvgIpc) is 3.48. The van der Waals surface area contributed by atoms with E-state index in [2.05, 4.69) is 22.8 Å². The minimum atomic E-state index is -0.499. The molecular weight excluding hydrogens is 460 g/mol. The normalized spacial score (nSPS) is 22.3. The van der Waals surface area contributed by atoms with Crippen molar-refractivity contribution in [1.29, 1.82) is 0 Å². The van der Waals surface area contributed by atoms with Crippen LogP contribution in [0.1, 0.15) is 64.5 Å². The predicted molar refractivity (Wildman–Crippen MR) is 137 cm³/mol. The highest BCUT2D eigenvalue weighted by atomic mass is 16.6. The summed E-state index contributed by atoms with van der Waals surface area (Å²) < 4.78 is 11.4. The second kappa shape index (κ2) is 12.5. The Morgan fingerprint density at radius 2 is 1.94 bits per heavy atom. The zero-order valence-electron chi connectivity index (χ0n) is 22.0. The number of ether oxygens (including phenoxy) is 2. The molecule has 2 fully saturated rings. The van der Waals surface area contributed by atoms with Gasteiger partial charge < -0.3 is 25.4 Å². The standard InChI is InChI=1S/C27H42N4O5/c1-18(23(11-12-24(28)33)31(17-32)25-22-14-21(22)15-30-25)35-16-20-9-7-19(8-10-20)6-5-13-29-26(34)36-27(2,3)4/h7-10,17-18,21-23,25,30H,5-6,11-16H2,1-4H3,(H2,28,33)(H,29,34)/t18-,21-,22-,23+,25+/m1/s1. The van der Waals surface area contributed by atoms with Crippen LogP contribution in [0.2, 0.25) is 0 Å². The monoisotopic (exact) mass is 502 g/mol. The number of fused-ring (bicyclic) bond motifs is 1. The Labute approximate surface area is 214 Å². The third-order valence-electron chi connectivity index (χ3n) is 6.87. The molecule has 1 aromatic carbocycles. The zero-order valence-corrected chi connectivity index (χ0v) is 22.0. The highest BCUT2D eigenvalue weighted by molar-refractivity contribution is 5.73. The quantitative estimate of drug-likeness (QED) is 0.266. The molecule has 200 valence electrons. The van der Waals surface area contributed by atoms with E-state index in [4.69, 9.17) is 15.2 Å². The van der Waals surface area contributed by atoms with Crippen molar-refractivity contribution in [2.24, 2.45) is 17.6 Å². The molecule has 3 rings (SSSR count). The first-order valence-electron chi connectivity index (χ1n) is 13.0. The Balaban J connectivity index is 1.46. The fourth-order valence-electron chi connectivity index (χ4n) is 4.85. The smallest absolute Gasteiger partial charge is 0.407 e. The van der Waals surface area contributed by atoms with Crippen molar-refractivity contribution in [3.63, 3.8) is 0 Å². The molecule has 1 saturated carbocycles. The number of nitrogens with zero attached hydrogens (tertiary/aromatic N) is 1. The fourth-order valence-corrected chi connectivity index (χ4v) is 4.85. The number of hydrogen-bond acceptors (Lipinski definition) is 6. The van der Waals surface area contributed by atoms with Crippen LogP contribution in [0.15, 0.2) is 24.3 Å². The Morgan fingerprint density at radius 1 is 1.25 bits per heavy atom. The van der Waals surface area contributed by atoms with Gasteiger partial charge in [0.15, 0.2) is 0 Å². The summed E-state index contributed by atoms with van der Waals surface area (Å²) in [5.74, 6) is 0.765.